The van der Waals surface area contributed by atoms with Crippen molar-refractivity contribution in [3.63, 3.8) is 0 Å². The third-order valence-electron chi connectivity index (χ3n) is 5.78. The quantitative estimate of drug-likeness (QED) is 0.728. The molecule has 2 aromatic rings. The van der Waals surface area contributed by atoms with Gasteiger partial charge in [0.25, 0.3) is 0 Å². The number of pyridine rings is 2. The number of hydrogen-bond acceptors (Lipinski definition) is 5. The number of nitriles is 1. The Morgan fingerprint density at radius 3 is 2.76 bits per heavy atom. The number of rotatable bonds is 4. The maximum atomic E-state index is 9.54. The lowest BCUT2D eigenvalue weighted by atomic mass is 9.87. The van der Waals surface area contributed by atoms with Crippen molar-refractivity contribution in [1.82, 2.24) is 14.9 Å². The fraction of sp³-hybridized carbons (Fsp3) is 0.333. The number of aromatic nitrogens is 2. The van der Waals surface area contributed by atoms with Crippen molar-refractivity contribution in [3.8, 4) is 6.07 Å². The SMILES string of the molecule is Cc1cccnc1[C@@H]1CC=C[C@H](C2=NC=CCC2C)N1Cc1cccnc1C#N. The molecule has 0 bridgehead atoms. The molecule has 0 amide bonds. The van der Waals surface area contributed by atoms with Crippen LogP contribution in [0.15, 0.2) is 66.1 Å². The van der Waals surface area contributed by atoms with E-state index in [1.54, 1.807) is 6.20 Å². The summed E-state index contributed by atoms with van der Waals surface area (Å²) in [6.07, 6.45) is 14.0. The van der Waals surface area contributed by atoms with Crippen LogP contribution in [0.1, 0.15) is 48.3 Å². The summed E-state index contributed by atoms with van der Waals surface area (Å²) in [6, 6.07) is 10.4. The molecule has 0 radical (unpaired) electrons. The van der Waals surface area contributed by atoms with E-state index < -0.39 is 0 Å². The Hall–Kier alpha value is -3.10. The van der Waals surface area contributed by atoms with Crippen LogP contribution in [0, 0.1) is 24.2 Å². The highest BCUT2D eigenvalue weighted by molar-refractivity contribution is 5.94. The third kappa shape index (κ3) is 3.90. The van der Waals surface area contributed by atoms with E-state index in [4.69, 9.17) is 9.98 Å². The van der Waals surface area contributed by atoms with Crippen LogP contribution in [0.3, 0.4) is 0 Å². The Kier molecular flexibility index (Phi) is 5.64. The molecule has 2 aliphatic rings. The summed E-state index contributed by atoms with van der Waals surface area (Å²) in [5.74, 6) is 0.380. The number of nitrogens with zero attached hydrogens (tertiary/aromatic N) is 5. The second-order valence-corrected chi connectivity index (χ2v) is 7.70. The van der Waals surface area contributed by atoms with Crippen molar-refractivity contribution in [2.24, 2.45) is 10.9 Å². The van der Waals surface area contributed by atoms with E-state index in [1.165, 1.54) is 11.3 Å². The van der Waals surface area contributed by atoms with Gasteiger partial charge in [0.05, 0.1) is 17.8 Å². The molecule has 0 aliphatic carbocycles. The smallest absolute Gasteiger partial charge is 0.144 e. The standard InChI is InChI=1S/C24H25N5/c1-17-7-4-13-27-23(17)21-10-3-11-22(24-18(2)8-5-14-28-24)29(21)16-19-9-6-12-26-20(19)15-25/h3-7,9,11-14,18,21-22H,8,10,16H2,1-2H3/t18?,21-,22+/m0/s1. The summed E-state index contributed by atoms with van der Waals surface area (Å²) in [4.78, 5) is 16.2. The fourth-order valence-electron chi connectivity index (χ4n) is 4.25. The number of allylic oxidation sites excluding steroid dienone is 1. The van der Waals surface area contributed by atoms with E-state index in [2.05, 4.69) is 54.1 Å². The van der Waals surface area contributed by atoms with Crippen LogP contribution in [0.25, 0.3) is 0 Å². The molecule has 0 saturated heterocycles. The summed E-state index contributed by atoms with van der Waals surface area (Å²) in [5.41, 5.74) is 4.86. The molecule has 4 heterocycles. The van der Waals surface area contributed by atoms with Crippen LogP contribution >= 0.6 is 0 Å². The van der Waals surface area contributed by atoms with E-state index in [1.807, 2.05) is 30.6 Å². The first-order valence-electron chi connectivity index (χ1n) is 10.1. The van der Waals surface area contributed by atoms with Crippen molar-refractivity contribution in [2.45, 2.75) is 45.3 Å². The molecule has 0 saturated carbocycles. The van der Waals surface area contributed by atoms with Gasteiger partial charge in [-0.2, -0.15) is 5.26 Å². The minimum Gasteiger partial charge on any atom is -0.278 e. The summed E-state index contributed by atoms with van der Waals surface area (Å²) in [6.45, 7) is 4.97. The van der Waals surface area contributed by atoms with Gasteiger partial charge in [-0.3, -0.25) is 14.9 Å². The van der Waals surface area contributed by atoms with E-state index in [0.717, 1.165) is 24.1 Å². The van der Waals surface area contributed by atoms with Crippen LogP contribution in [0.5, 0.6) is 0 Å². The second-order valence-electron chi connectivity index (χ2n) is 7.70. The van der Waals surface area contributed by atoms with Gasteiger partial charge in [-0.15, -0.1) is 0 Å². The summed E-state index contributed by atoms with van der Waals surface area (Å²) in [5, 5.41) is 9.54. The highest BCUT2D eigenvalue weighted by Crippen LogP contribution is 2.35. The predicted molar refractivity (Wildman–Crippen MR) is 114 cm³/mol. The number of aliphatic imine (C=N–C) groups is 1. The molecule has 0 fully saturated rings. The van der Waals surface area contributed by atoms with Gasteiger partial charge in [0.15, 0.2) is 0 Å². The molecule has 1 unspecified atom stereocenters. The van der Waals surface area contributed by atoms with Crippen molar-refractivity contribution < 1.29 is 0 Å². The van der Waals surface area contributed by atoms with Crippen LogP contribution in [-0.2, 0) is 6.54 Å². The highest BCUT2D eigenvalue weighted by atomic mass is 15.2. The van der Waals surface area contributed by atoms with E-state index in [9.17, 15) is 5.26 Å². The van der Waals surface area contributed by atoms with Crippen molar-refractivity contribution >= 4 is 5.71 Å². The predicted octanol–water partition coefficient (Wildman–Crippen LogP) is 4.52. The lowest BCUT2D eigenvalue weighted by Gasteiger charge is -2.41. The van der Waals surface area contributed by atoms with Gasteiger partial charge in [0, 0.05) is 36.4 Å². The van der Waals surface area contributed by atoms with E-state index >= 15 is 0 Å². The normalized spacial score (nSPS) is 24.2. The Bertz CT molecular complexity index is 1010. The summed E-state index contributed by atoms with van der Waals surface area (Å²) >= 11 is 0. The molecular weight excluding hydrogens is 358 g/mol. The third-order valence-corrected chi connectivity index (χ3v) is 5.78. The molecule has 146 valence electrons. The summed E-state index contributed by atoms with van der Waals surface area (Å²) < 4.78 is 0. The van der Waals surface area contributed by atoms with Crippen LogP contribution in [0.2, 0.25) is 0 Å². The average Bonchev–Trinajstić information content (AvgIpc) is 2.75. The molecule has 5 heteroatoms. The minimum absolute atomic E-state index is 0.0712. The van der Waals surface area contributed by atoms with Crippen LogP contribution < -0.4 is 0 Å². The lowest BCUT2D eigenvalue weighted by Crippen LogP contribution is -2.46. The Morgan fingerprint density at radius 1 is 1.14 bits per heavy atom. The van der Waals surface area contributed by atoms with Crippen molar-refractivity contribution in [1.29, 1.82) is 5.26 Å². The maximum Gasteiger partial charge on any atom is 0.144 e. The van der Waals surface area contributed by atoms with Gasteiger partial charge in [-0.1, -0.05) is 37.3 Å². The lowest BCUT2D eigenvalue weighted by molar-refractivity contribution is 0.167. The number of aryl methyl sites for hydroxylation is 1. The van der Waals surface area contributed by atoms with Crippen molar-refractivity contribution in [3.05, 3.63) is 83.6 Å². The van der Waals surface area contributed by atoms with Gasteiger partial charge in [-0.05, 0) is 43.4 Å². The molecule has 2 aromatic heterocycles. The van der Waals surface area contributed by atoms with Crippen LogP contribution in [-0.4, -0.2) is 26.6 Å². The Balaban J connectivity index is 1.78. The zero-order chi connectivity index (χ0) is 20.2. The van der Waals surface area contributed by atoms with E-state index in [-0.39, 0.29) is 12.1 Å². The molecule has 4 rings (SSSR count). The fourth-order valence-corrected chi connectivity index (χ4v) is 4.25. The van der Waals surface area contributed by atoms with Gasteiger partial charge in [0.2, 0.25) is 0 Å². The Morgan fingerprint density at radius 2 is 1.97 bits per heavy atom. The second kappa shape index (κ2) is 8.50. The molecule has 0 aromatic carbocycles. The maximum absolute atomic E-state index is 9.54. The molecule has 5 nitrogen and oxygen atoms in total. The Labute approximate surface area is 172 Å². The largest absolute Gasteiger partial charge is 0.278 e. The molecule has 29 heavy (non-hydrogen) atoms. The van der Waals surface area contributed by atoms with Gasteiger partial charge < -0.3 is 0 Å². The van der Waals surface area contributed by atoms with Crippen molar-refractivity contribution in [2.75, 3.05) is 0 Å². The molecular formula is C24H25N5. The first-order valence-corrected chi connectivity index (χ1v) is 10.1. The van der Waals surface area contributed by atoms with Gasteiger partial charge in [-0.25, -0.2) is 4.98 Å². The number of hydrogen-bond donors (Lipinski definition) is 0. The highest BCUT2D eigenvalue weighted by Gasteiger charge is 2.35. The zero-order valence-corrected chi connectivity index (χ0v) is 16.9. The van der Waals surface area contributed by atoms with Gasteiger partial charge >= 0.3 is 0 Å². The zero-order valence-electron chi connectivity index (χ0n) is 16.9. The minimum atomic E-state index is 0.0712. The first-order chi connectivity index (χ1) is 14.2. The molecule has 3 atom stereocenters. The monoisotopic (exact) mass is 383 g/mol. The first kappa shape index (κ1) is 19.2. The topological polar surface area (TPSA) is 65.2 Å². The average molecular weight is 383 g/mol. The molecule has 0 N–H and O–H groups in total. The van der Waals surface area contributed by atoms with E-state index in [0.29, 0.717) is 18.2 Å². The molecule has 0 spiro atoms. The molecule has 2 aliphatic heterocycles. The summed E-state index contributed by atoms with van der Waals surface area (Å²) in [7, 11) is 0. The van der Waals surface area contributed by atoms with Crippen LogP contribution in [0.4, 0.5) is 0 Å². The van der Waals surface area contributed by atoms with Gasteiger partial charge in [0.1, 0.15) is 11.8 Å².